The summed E-state index contributed by atoms with van der Waals surface area (Å²) in [5, 5.41) is 5.09. The molecular formula is C25H28N2O6S. The Morgan fingerprint density at radius 2 is 1.85 bits per heavy atom. The van der Waals surface area contributed by atoms with Gasteiger partial charge in [-0.3, -0.25) is 9.59 Å². The average molecular weight is 485 g/mol. The SMILES string of the molecule is CCCCOc1ccc(C(=O)NCC(=O)OCc2csc(-c3cccc(OC)c3OC)n2)cc1. The van der Waals surface area contributed by atoms with E-state index in [4.69, 9.17) is 18.9 Å². The van der Waals surface area contributed by atoms with Crippen molar-refractivity contribution in [1.82, 2.24) is 10.3 Å². The number of hydrogen-bond acceptors (Lipinski definition) is 8. The second-order valence-corrected chi connectivity index (χ2v) is 8.11. The molecule has 3 aromatic rings. The molecule has 0 saturated heterocycles. The first kappa shape index (κ1) is 25.0. The van der Waals surface area contributed by atoms with Gasteiger partial charge in [0.1, 0.15) is 23.9 Å². The number of rotatable bonds is 12. The Morgan fingerprint density at radius 3 is 2.56 bits per heavy atom. The van der Waals surface area contributed by atoms with Crippen LogP contribution < -0.4 is 19.5 Å². The van der Waals surface area contributed by atoms with E-state index in [0.717, 1.165) is 23.4 Å². The van der Waals surface area contributed by atoms with Crippen LogP contribution in [0, 0.1) is 0 Å². The van der Waals surface area contributed by atoms with Crippen molar-refractivity contribution in [3.63, 3.8) is 0 Å². The van der Waals surface area contributed by atoms with Gasteiger partial charge in [-0.05, 0) is 42.8 Å². The van der Waals surface area contributed by atoms with E-state index in [1.54, 1.807) is 38.5 Å². The first-order chi connectivity index (χ1) is 16.5. The molecule has 0 unspecified atom stereocenters. The molecule has 1 aromatic heterocycles. The summed E-state index contributed by atoms with van der Waals surface area (Å²) in [6, 6.07) is 12.3. The lowest BCUT2D eigenvalue weighted by Crippen LogP contribution is -2.30. The molecule has 1 amide bonds. The van der Waals surface area contributed by atoms with E-state index in [2.05, 4.69) is 17.2 Å². The number of hydrogen-bond donors (Lipinski definition) is 1. The smallest absolute Gasteiger partial charge is 0.325 e. The molecule has 8 nitrogen and oxygen atoms in total. The lowest BCUT2D eigenvalue weighted by Gasteiger charge is -2.10. The summed E-state index contributed by atoms with van der Waals surface area (Å²) in [5.41, 5.74) is 1.83. The highest BCUT2D eigenvalue weighted by Gasteiger charge is 2.15. The van der Waals surface area contributed by atoms with Gasteiger partial charge in [0.25, 0.3) is 5.91 Å². The van der Waals surface area contributed by atoms with Crippen LogP contribution in [0.25, 0.3) is 10.6 Å². The molecule has 0 radical (unpaired) electrons. The second kappa shape index (κ2) is 12.6. The van der Waals surface area contributed by atoms with Gasteiger partial charge in [0, 0.05) is 10.9 Å². The number of esters is 1. The predicted octanol–water partition coefficient (Wildman–Crippen LogP) is 4.48. The van der Waals surface area contributed by atoms with Crippen molar-refractivity contribution in [3.8, 4) is 27.8 Å². The van der Waals surface area contributed by atoms with Crippen LogP contribution in [0.4, 0.5) is 0 Å². The molecule has 0 fully saturated rings. The van der Waals surface area contributed by atoms with E-state index in [1.165, 1.54) is 11.3 Å². The summed E-state index contributed by atoms with van der Waals surface area (Å²) in [7, 11) is 3.15. The minimum absolute atomic E-state index is 0.00127. The van der Waals surface area contributed by atoms with E-state index < -0.39 is 5.97 Å². The third-order valence-electron chi connectivity index (χ3n) is 4.84. The van der Waals surface area contributed by atoms with Gasteiger partial charge in [0.2, 0.25) is 0 Å². The van der Waals surface area contributed by atoms with Crippen LogP contribution in [-0.2, 0) is 16.1 Å². The van der Waals surface area contributed by atoms with Gasteiger partial charge in [-0.25, -0.2) is 4.98 Å². The molecule has 0 aliphatic rings. The van der Waals surface area contributed by atoms with Crippen molar-refractivity contribution < 1.29 is 28.5 Å². The number of ether oxygens (including phenoxy) is 4. The van der Waals surface area contributed by atoms with E-state index in [9.17, 15) is 9.59 Å². The van der Waals surface area contributed by atoms with Crippen molar-refractivity contribution in [2.75, 3.05) is 27.4 Å². The number of amides is 1. The largest absolute Gasteiger partial charge is 0.494 e. The predicted molar refractivity (Wildman–Crippen MR) is 130 cm³/mol. The Hall–Kier alpha value is -3.59. The number of thiazole rings is 1. The molecule has 0 aliphatic heterocycles. The first-order valence-corrected chi connectivity index (χ1v) is 11.8. The summed E-state index contributed by atoms with van der Waals surface area (Å²) in [6.45, 7) is 2.49. The molecule has 9 heteroatoms. The number of para-hydroxylation sites is 1. The molecule has 34 heavy (non-hydrogen) atoms. The highest BCUT2D eigenvalue weighted by Crippen LogP contribution is 2.39. The third-order valence-corrected chi connectivity index (χ3v) is 5.77. The molecule has 0 atom stereocenters. The molecule has 1 N–H and O–H groups in total. The number of benzene rings is 2. The lowest BCUT2D eigenvalue weighted by molar-refractivity contribution is -0.143. The fraction of sp³-hybridized carbons (Fsp3) is 0.320. The lowest BCUT2D eigenvalue weighted by atomic mass is 10.2. The summed E-state index contributed by atoms with van der Waals surface area (Å²) >= 11 is 1.41. The zero-order chi connectivity index (χ0) is 24.3. The molecular weight excluding hydrogens is 456 g/mol. The standard InChI is InChI=1S/C25H28N2O6S/c1-4-5-13-32-19-11-9-17(10-12-19)24(29)26-14-22(28)33-15-18-16-34-25(27-18)20-7-6-8-21(30-2)23(20)31-3/h6-12,16H,4-5,13-15H2,1-3H3,(H,26,29). The van der Waals surface area contributed by atoms with Gasteiger partial charge in [0.05, 0.1) is 32.1 Å². The van der Waals surface area contributed by atoms with Gasteiger partial charge in [-0.15, -0.1) is 11.3 Å². The number of aromatic nitrogens is 1. The Morgan fingerprint density at radius 1 is 1.06 bits per heavy atom. The van der Waals surface area contributed by atoms with Gasteiger partial charge >= 0.3 is 5.97 Å². The first-order valence-electron chi connectivity index (χ1n) is 10.9. The maximum atomic E-state index is 12.3. The summed E-state index contributed by atoms with van der Waals surface area (Å²) < 4.78 is 21.6. The van der Waals surface area contributed by atoms with E-state index >= 15 is 0 Å². The topological polar surface area (TPSA) is 96.0 Å². The number of nitrogens with zero attached hydrogens (tertiary/aromatic N) is 1. The van der Waals surface area contributed by atoms with Gasteiger partial charge in [-0.1, -0.05) is 19.4 Å². The Balaban J connectivity index is 1.48. The minimum atomic E-state index is -0.554. The van der Waals surface area contributed by atoms with E-state index in [-0.39, 0.29) is 19.1 Å². The van der Waals surface area contributed by atoms with Gasteiger partial charge in [0.15, 0.2) is 11.5 Å². The van der Waals surface area contributed by atoms with E-state index in [0.29, 0.717) is 35.1 Å². The van der Waals surface area contributed by atoms with Crippen molar-refractivity contribution in [3.05, 3.63) is 59.1 Å². The molecule has 0 aliphatic carbocycles. The van der Waals surface area contributed by atoms with Crippen LogP contribution in [0.3, 0.4) is 0 Å². The zero-order valence-corrected chi connectivity index (χ0v) is 20.3. The van der Waals surface area contributed by atoms with E-state index in [1.807, 2.05) is 23.6 Å². The maximum Gasteiger partial charge on any atom is 0.325 e. The van der Waals surface area contributed by atoms with Gasteiger partial charge in [-0.2, -0.15) is 0 Å². The van der Waals surface area contributed by atoms with Crippen molar-refractivity contribution in [2.45, 2.75) is 26.4 Å². The number of unbranched alkanes of at least 4 members (excludes halogenated alkanes) is 1. The maximum absolute atomic E-state index is 12.3. The Kier molecular flexibility index (Phi) is 9.28. The second-order valence-electron chi connectivity index (χ2n) is 7.25. The van der Waals surface area contributed by atoms with Crippen LogP contribution in [0.15, 0.2) is 47.8 Å². The molecule has 0 bridgehead atoms. The molecule has 0 saturated carbocycles. The minimum Gasteiger partial charge on any atom is -0.494 e. The molecule has 1 heterocycles. The highest BCUT2D eigenvalue weighted by atomic mass is 32.1. The highest BCUT2D eigenvalue weighted by molar-refractivity contribution is 7.13. The number of methoxy groups -OCH3 is 2. The molecule has 3 rings (SSSR count). The fourth-order valence-corrected chi connectivity index (χ4v) is 3.88. The summed E-state index contributed by atoms with van der Waals surface area (Å²) in [4.78, 5) is 28.9. The number of nitrogens with one attached hydrogen (secondary N) is 1. The van der Waals surface area contributed by atoms with Gasteiger partial charge < -0.3 is 24.3 Å². The van der Waals surface area contributed by atoms with Crippen molar-refractivity contribution >= 4 is 23.2 Å². The monoisotopic (exact) mass is 484 g/mol. The Bertz CT molecular complexity index is 1100. The normalized spacial score (nSPS) is 10.4. The molecule has 2 aromatic carbocycles. The molecule has 180 valence electrons. The fourth-order valence-electron chi connectivity index (χ4n) is 3.05. The summed E-state index contributed by atoms with van der Waals surface area (Å²) in [6.07, 6.45) is 2.03. The van der Waals surface area contributed by atoms with Crippen molar-refractivity contribution in [2.24, 2.45) is 0 Å². The quantitative estimate of drug-likeness (QED) is 0.299. The van der Waals surface area contributed by atoms with Crippen LogP contribution >= 0.6 is 11.3 Å². The number of carbonyl (C=O) groups excluding carboxylic acids is 2. The average Bonchev–Trinajstić information content (AvgIpc) is 3.35. The zero-order valence-electron chi connectivity index (χ0n) is 19.5. The van der Waals surface area contributed by atoms with Crippen LogP contribution in [0.1, 0.15) is 35.8 Å². The van der Waals surface area contributed by atoms with Crippen LogP contribution in [0.2, 0.25) is 0 Å². The van der Waals surface area contributed by atoms with Crippen molar-refractivity contribution in [1.29, 1.82) is 0 Å². The summed E-state index contributed by atoms with van der Waals surface area (Å²) in [5.74, 6) is 0.988. The Labute approximate surface area is 202 Å². The van der Waals surface area contributed by atoms with Crippen LogP contribution in [-0.4, -0.2) is 44.2 Å². The van der Waals surface area contributed by atoms with Crippen LogP contribution in [0.5, 0.6) is 17.2 Å². The third kappa shape index (κ3) is 6.71. The number of carbonyl (C=O) groups is 2. The molecule has 0 spiro atoms.